The van der Waals surface area contributed by atoms with E-state index in [-0.39, 0.29) is 18.1 Å². The Labute approximate surface area is 133 Å². The molecule has 1 aromatic heterocycles. The van der Waals surface area contributed by atoms with Crippen LogP contribution < -0.4 is 5.73 Å². The number of allylic oxidation sites excluding steroid dienone is 2. The number of hydrogen-bond acceptors (Lipinski definition) is 6. The van der Waals surface area contributed by atoms with Gasteiger partial charge in [-0.15, -0.1) is 11.3 Å². The highest BCUT2D eigenvalue weighted by molar-refractivity contribution is 7.12. The number of aryl methyl sites for hydroxylation is 1. The second-order valence-electron chi connectivity index (χ2n) is 4.77. The Morgan fingerprint density at radius 2 is 2.23 bits per heavy atom. The van der Waals surface area contributed by atoms with Gasteiger partial charge in [0.05, 0.1) is 18.1 Å². The lowest BCUT2D eigenvalue weighted by Gasteiger charge is -2.25. The van der Waals surface area contributed by atoms with Crippen molar-refractivity contribution in [2.24, 2.45) is 5.73 Å². The van der Waals surface area contributed by atoms with Crippen LogP contribution in [0, 0.1) is 11.3 Å². The van der Waals surface area contributed by atoms with Crippen LogP contribution in [-0.4, -0.2) is 12.6 Å². The van der Waals surface area contributed by atoms with Gasteiger partial charge >= 0.3 is 5.97 Å². The molecule has 2 N–H and O–H groups in total. The lowest BCUT2D eigenvalue weighted by atomic mass is 9.87. The molecule has 116 valence electrons. The number of thiophene rings is 1. The third-order valence-electron chi connectivity index (χ3n) is 3.42. The largest absolute Gasteiger partial charge is 0.463 e. The van der Waals surface area contributed by atoms with Crippen LogP contribution in [0.3, 0.4) is 0 Å². The molecule has 0 amide bonds. The molecule has 1 unspecified atom stereocenters. The van der Waals surface area contributed by atoms with E-state index < -0.39 is 11.9 Å². The van der Waals surface area contributed by atoms with Crippen LogP contribution in [0.4, 0.5) is 0 Å². The molecule has 0 radical (unpaired) electrons. The minimum Gasteiger partial charge on any atom is -0.463 e. The predicted octanol–water partition coefficient (Wildman–Crippen LogP) is 2.96. The van der Waals surface area contributed by atoms with E-state index in [1.807, 2.05) is 12.1 Å². The molecule has 0 saturated carbocycles. The maximum absolute atomic E-state index is 12.3. The van der Waals surface area contributed by atoms with Crippen molar-refractivity contribution in [3.05, 3.63) is 44.7 Å². The van der Waals surface area contributed by atoms with Crippen molar-refractivity contribution in [1.82, 2.24) is 0 Å². The maximum Gasteiger partial charge on any atom is 0.338 e. The Hall–Kier alpha value is -2.26. The van der Waals surface area contributed by atoms with E-state index in [4.69, 9.17) is 15.2 Å². The molecule has 0 aromatic carbocycles. The SMILES string of the molecule is CCOC(=O)C1=C(C)OC(N)=C(C#N)C1c1ccc(CC)s1. The Kier molecular flexibility index (Phi) is 4.88. The number of nitriles is 1. The van der Waals surface area contributed by atoms with Gasteiger partial charge in [0.15, 0.2) is 0 Å². The zero-order valence-electron chi connectivity index (χ0n) is 12.8. The van der Waals surface area contributed by atoms with Crippen LogP contribution in [0.5, 0.6) is 0 Å². The summed E-state index contributed by atoms with van der Waals surface area (Å²) in [5, 5.41) is 9.43. The van der Waals surface area contributed by atoms with E-state index in [1.165, 1.54) is 4.88 Å². The predicted molar refractivity (Wildman–Crippen MR) is 83.7 cm³/mol. The normalized spacial score (nSPS) is 18.0. The van der Waals surface area contributed by atoms with E-state index in [0.717, 1.165) is 11.3 Å². The summed E-state index contributed by atoms with van der Waals surface area (Å²) in [6.07, 6.45) is 0.895. The average Bonchev–Trinajstić information content (AvgIpc) is 2.95. The van der Waals surface area contributed by atoms with E-state index in [1.54, 1.807) is 25.2 Å². The van der Waals surface area contributed by atoms with Crippen LogP contribution in [0.1, 0.15) is 36.4 Å². The molecule has 22 heavy (non-hydrogen) atoms. The Morgan fingerprint density at radius 3 is 2.77 bits per heavy atom. The van der Waals surface area contributed by atoms with E-state index >= 15 is 0 Å². The van der Waals surface area contributed by atoms with Crippen molar-refractivity contribution in [1.29, 1.82) is 5.26 Å². The summed E-state index contributed by atoms with van der Waals surface area (Å²) in [5.41, 5.74) is 6.43. The molecule has 6 heteroatoms. The third kappa shape index (κ3) is 2.85. The fraction of sp³-hybridized carbons (Fsp3) is 0.375. The molecule has 0 bridgehead atoms. The van der Waals surface area contributed by atoms with Crippen LogP contribution >= 0.6 is 11.3 Å². The van der Waals surface area contributed by atoms with Crippen molar-refractivity contribution < 1.29 is 14.3 Å². The summed E-state index contributed by atoms with van der Waals surface area (Å²) in [7, 11) is 0. The van der Waals surface area contributed by atoms with E-state index in [9.17, 15) is 10.1 Å². The highest BCUT2D eigenvalue weighted by atomic mass is 32.1. The molecule has 5 nitrogen and oxygen atoms in total. The van der Waals surface area contributed by atoms with Gasteiger partial charge in [-0.2, -0.15) is 5.26 Å². The first kappa shape index (κ1) is 16.1. The van der Waals surface area contributed by atoms with Gasteiger partial charge in [0, 0.05) is 9.75 Å². The number of nitrogens with zero attached hydrogens (tertiary/aromatic N) is 1. The molecule has 0 fully saturated rings. The third-order valence-corrected chi connectivity index (χ3v) is 4.71. The molecule has 0 spiro atoms. The maximum atomic E-state index is 12.3. The monoisotopic (exact) mass is 318 g/mol. The van der Waals surface area contributed by atoms with Crippen molar-refractivity contribution in [3.63, 3.8) is 0 Å². The first-order valence-electron chi connectivity index (χ1n) is 7.07. The lowest BCUT2D eigenvalue weighted by Crippen LogP contribution is -2.25. The van der Waals surface area contributed by atoms with Crippen LogP contribution in [0.2, 0.25) is 0 Å². The topological polar surface area (TPSA) is 85.3 Å². The average molecular weight is 318 g/mol. The summed E-state index contributed by atoms with van der Waals surface area (Å²) in [6.45, 7) is 5.72. The Morgan fingerprint density at radius 1 is 1.50 bits per heavy atom. The van der Waals surface area contributed by atoms with E-state index in [0.29, 0.717) is 11.3 Å². The van der Waals surface area contributed by atoms with Crippen molar-refractivity contribution in [2.75, 3.05) is 6.61 Å². The minimum absolute atomic E-state index is 0.0458. The number of hydrogen-bond donors (Lipinski definition) is 1. The van der Waals surface area contributed by atoms with Gasteiger partial charge in [0.1, 0.15) is 17.4 Å². The number of carbonyl (C=O) groups is 1. The molecule has 0 saturated heterocycles. The van der Waals surface area contributed by atoms with Gasteiger partial charge in [-0.1, -0.05) is 6.92 Å². The van der Waals surface area contributed by atoms with Gasteiger partial charge in [-0.3, -0.25) is 0 Å². The summed E-state index contributed by atoms with van der Waals surface area (Å²) >= 11 is 1.56. The molecule has 1 aliphatic rings. The molecule has 2 rings (SSSR count). The second kappa shape index (κ2) is 6.67. The van der Waals surface area contributed by atoms with Crippen LogP contribution in [0.15, 0.2) is 34.9 Å². The molecule has 1 aromatic rings. The van der Waals surface area contributed by atoms with Gasteiger partial charge in [-0.05, 0) is 32.4 Å². The van der Waals surface area contributed by atoms with Gasteiger partial charge in [0.2, 0.25) is 5.88 Å². The smallest absolute Gasteiger partial charge is 0.338 e. The summed E-state index contributed by atoms with van der Waals surface area (Å²) < 4.78 is 10.5. The summed E-state index contributed by atoms with van der Waals surface area (Å²) in [4.78, 5) is 14.4. The number of rotatable bonds is 4. The highest BCUT2D eigenvalue weighted by Gasteiger charge is 2.37. The highest BCUT2D eigenvalue weighted by Crippen LogP contribution is 2.42. The molecular weight excluding hydrogens is 300 g/mol. The second-order valence-corrected chi connectivity index (χ2v) is 5.97. The van der Waals surface area contributed by atoms with Gasteiger partial charge < -0.3 is 15.2 Å². The first-order chi connectivity index (χ1) is 10.5. The molecule has 1 atom stereocenters. The fourth-order valence-electron chi connectivity index (χ4n) is 2.38. The summed E-state index contributed by atoms with van der Waals surface area (Å²) in [5.74, 6) is -0.573. The van der Waals surface area contributed by atoms with Crippen molar-refractivity contribution >= 4 is 17.3 Å². The Balaban J connectivity index is 2.56. The molecule has 2 heterocycles. The lowest BCUT2D eigenvalue weighted by molar-refractivity contribution is -0.139. The molecular formula is C16H18N2O3S. The van der Waals surface area contributed by atoms with Crippen molar-refractivity contribution in [2.45, 2.75) is 33.1 Å². The van der Waals surface area contributed by atoms with Gasteiger partial charge in [-0.25, -0.2) is 4.79 Å². The Bertz CT molecular complexity index is 694. The summed E-state index contributed by atoms with van der Waals surface area (Å²) in [6, 6.07) is 6.00. The zero-order chi connectivity index (χ0) is 16.3. The number of nitrogens with two attached hydrogens (primary N) is 1. The fourth-order valence-corrected chi connectivity index (χ4v) is 3.45. The van der Waals surface area contributed by atoms with Crippen LogP contribution in [-0.2, 0) is 20.7 Å². The standard InChI is InChI=1S/C16H18N2O3S/c1-4-10-6-7-12(22-10)14-11(8-17)15(18)21-9(3)13(14)16(19)20-5-2/h6-7,14H,4-5,18H2,1-3H3. The minimum atomic E-state index is -0.525. The number of esters is 1. The number of carbonyl (C=O) groups excluding carboxylic acids is 1. The zero-order valence-corrected chi connectivity index (χ0v) is 13.6. The number of ether oxygens (including phenoxy) is 2. The van der Waals surface area contributed by atoms with Gasteiger partial charge in [0.25, 0.3) is 0 Å². The first-order valence-corrected chi connectivity index (χ1v) is 7.89. The molecule has 1 aliphatic heterocycles. The van der Waals surface area contributed by atoms with Crippen LogP contribution in [0.25, 0.3) is 0 Å². The van der Waals surface area contributed by atoms with E-state index in [2.05, 4.69) is 13.0 Å². The van der Waals surface area contributed by atoms with Crippen molar-refractivity contribution in [3.8, 4) is 6.07 Å². The molecule has 0 aliphatic carbocycles. The quantitative estimate of drug-likeness (QED) is 0.863.